The Bertz CT molecular complexity index is 380. The van der Waals surface area contributed by atoms with Crippen LogP contribution in [0.4, 0.5) is 0 Å². The van der Waals surface area contributed by atoms with Crippen LogP contribution in [0.3, 0.4) is 0 Å². The molecule has 0 atom stereocenters. The molecule has 0 radical (unpaired) electrons. The van der Waals surface area contributed by atoms with E-state index >= 15 is 0 Å². The monoisotopic (exact) mass is 352 g/mol. The number of likely N-dealkylation sites (N-methyl/N-ethyl adjacent to an activating group) is 1. The van der Waals surface area contributed by atoms with Crippen LogP contribution in [-0.2, 0) is 0 Å². The summed E-state index contributed by atoms with van der Waals surface area (Å²) in [6, 6.07) is 0. The average Bonchev–Trinajstić information content (AvgIpc) is 2.52. The fourth-order valence-corrected chi connectivity index (χ4v) is 4.27. The third kappa shape index (κ3) is 6.82. The summed E-state index contributed by atoms with van der Waals surface area (Å²) in [5, 5.41) is 0. The van der Waals surface area contributed by atoms with Crippen LogP contribution in [0.1, 0.15) is 54.4 Å². The summed E-state index contributed by atoms with van der Waals surface area (Å²) in [6.45, 7) is 25.2. The molecule has 0 aromatic carbocycles. The Labute approximate surface area is 157 Å². The SMILES string of the molecule is CN(CCN1CCN(C(C)(C)C)CC1)CC1CCN(C(C)(C)C)CC1. The van der Waals surface area contributed by atoms with Gasteiger partial charge in [-0.1, -0.05) is 0 Å². The van der Waals surface area contributed by atoms with E-state index in [0.717, 1.165) is 5.92 Å². The summed E-state index contributed by atoms with van der Waals surface area (Å²) < 4.78 is 0. The van der Waals surface area contributed by atoms with E-state index in [0.29, 0.717) is 11.1 Å². The predicted molar refractivity (Wildman–Crippen MR) is 109 cm³/mol. The van der Waals surface area contributed by atoms with Crippen LogP contribution < -0.4 is 0 Å². The summed E-state index contributed by atoms with van der Waals surface area (Å²) in [6.07, 6.45) is 2.73. The van der Waals surface area contributed by atoms with Crippen LogP contribution in [0.15, 0.2) is 0 Å². The zero-order valence-electron chi connectivity index (χ0n) is 18.1. The molecule has 0 N–H and O–H groups in total. The normalized spacial score (nSPS) is 23.5. The number of hydrogen-bond acceptors (Lipinski definition) is 4. The predicted octanol–water partition coefficient (Wildman–Crippen LogP) is 2.84. The van der Waals surface area contributed by atoms with E-state index in [9.17, 15) is 0 Å². The molecule has 2 aliphatic rings. The molecule has 0 aromatic heterocycles. The minimum absolute atomic E-state index is 0.324. The molecule has 2 rings (SSSR count). The quantitative estimate of drug-likeness (QED) is 0.754. The summed E-state index contributed by atoms with van der Waals surface area (Å²) in [5.74, 6) is 0.890. The van der Waals surface area contributed by atoms with E-state index in [4.69, 9.17) is 0 Å². The van der Waals surface area contributed by atoms with Gasteiger partial charge in [0.25, 0.3) is 0 Å². The van der Waals surface area contributed by atoms with Gasteiger partial charge in [0.1, 0.15) is 0 Å². The van der Waals surface area contributed by atoms with Gasteiger partial charge >= 0.3 is 0 Å². The summed E-state index contributed by atoms with van der Waals surface area (Å²) >= 11 is 0. The number of nitrogens with zero attached hydrogens (tertiary/aromatic N) is 4. The van der Waals surface area contributed by atoms with E-state index in [1.165, 1.54) is 71.7 Å². The van der Waals surface area contributed by atoms with Gasteiger partial charge in [-0.05, 0) is 80.4 Å². The molecule has 0 aliphatic carbocycles. The number of piperazine rings is 1. The third-order valence-electron chi connectivity index (χ3n) is 6.25. The Kier molecular flexibility index (Phi) is 7.35. The Morgan fingerprint density at radius 2 is 1.24 bits per heavy atom. The summed E-state index contributed by atoms with van der Waals surface area (Å²) in [4.78, 5) is 10.5. The van der Waals surface area contributed by atoms with Crippen LogP contribution in [0.5, 0.6) is 0 Å². The fraction of sp³-hybridized carbons (Fsp3) is 1.00. The van der Waals surface area contributed by atoms with Crippen molar-refractivity contribution < 1.29 is 0 Å². The number of likely N-dealkylation sites (tertiary alicyclic amines) is 1. The number of rotatable bonds is 5. The Morgan fingerprint density at radius 1 is 0.760 bits per heavy atom. The summed E-state index contributed by atoms with van der Waals surface area (Å²) in [7, 11) is 2.32. The standard InChI is InChI=1S/C21H44N4/c1-20(2,3)24-10-8-19(9-11-24)18-22(7)12-13-23-14-16-25(17-15-23)21(4,5)6/h19H,8-18H2,1-7H3. The van der Waals surface area contributed by atoms with Gasteiger partial charge < -0.3 is 4.90 Å². The highest BCUT2D eigenvalue weighted by molar-refractivity contribution is 4.84. The lowest BCUT2D eigenvalue weighted by molar-refractivity contribution is 0.0543. The van der Waals surface area contributed by atoms with Gasteiger partial charge in [0, 0.05) is 56.9 Å². The van der Waals surface area contributed by atoms with Crippen molar-refractivity contribution in [3.8, 4) is 0 Å². The maximum absolute atomic E-state index is 2.65. The first-order valence-corrected chi connectivity index (χ1v) is 10.5. The van der Waals surface area contributed by atoms with Crippen molar-refractivity contribution in [2.75, 3.05) is 66.0 Å². The Hall–Kier alpha value is -0.160. The van der Waals surface area contributed by atoms with Crippen molar-refractivity contribution >= 4 is 0 Å². The van der Waals surface area contributed by atoms with Crippen molar-refractivity contribution in [3.63, 3.8) is 0 Å². The molecule has 2 aliphatic heterocycles. The van der Waals surface area contributed by atoms with Crippen LogP contribution in [0, 0.1) is 5.92 Å². The Balaban J connectivity index is 1.61. The second-order valence-corrected chi connectivity index (χ2v) is 10.4. The van der Waals surface area contributed by atoms with Gasteiger partial charge in [-0.25, -0.2) is 0 Å². The molecule has 0 spiro atoms. The Morgan fingerprint density at radius 3 is 1.72 bits per heavy atom. The first-order chi connectivity index (χ1) is 11.6. The zero-order chi connectivity index (χ0) is 18.7. The molecule has 4 nitrogen and oxygen atoms in total. The molecule has 0 amide bonds. The maximum Gasteiger partial charge on any atom is 0.0126 e. The van der Waals surface area contributed by atoms with Crippen LogP contribution in [-0.4, -0.2) is 96.6 Å². The lowest BCUT2D eigenvalue weighted by Gasteiger charge is -2.43. The highest BCUT2D eigenvalue weighted by Crippen LogP contribution is 2.24. The van der Waals surface area contributed by atoms with Crippen molar-refractivity contribution in [2.24, 2.45) is 5.92 Å². The molecule has 2 fully saturated rings. The van der Waals surface area contributed by atoms with Gasteiger partial charge in [0.05, 0.1) is 0 Å². The largest absolute Gasteiger partial charge is 0.305 e. The topological polar surface area (TPSA) is 13.0 Å². The van der Waals surface area contributed by atoms with E-state index in [-0.39, 0.29) is 0 Å². The number of piperidine rings is 1. The fourth-order valence-electron chi connectivity index (χ4n) is 4.27. The molecule has 0 saturated carbocycles. The minimum atomic E-state index is 0.324. The lowest BCUT2D eigenvalue weighted by Crippen LogP contribution is -2.54. The average molecular weight is 353 g/mol. The second kappa shape index (κ2) is 8.69. The minimum Gasteiger partial charge on any atom is -0.305 e. The lowest BCUT2D eigenvalue weighted by atomic mass is 9.92. The molecule has 2 saturated heterocycles. The van der Waals surface area contributed by atoms with Gasteiger partial charge in [-0.2, -0.15) is 0 Å². The van der Waals surface area contributed by atoms with Gasteiger partial charge in [0.15, 0.2) is 0 Å². The van der Waals surface area contributed by atoms with Gasteiger partial charge in [-0.15, -0.1) is 0 Å². The molecular weight excluding hydrogens is 308 g/mol. The van der Waals surface area contributed by atoms with Gasteiger partial charge in [0.2, 0.25) is 0 Å². The molecule has 0 unspecified atom stereocenters. The van der Waals surface area contributed by atoms with Crippen molar-refractivity contribution in [3.05, 3.63) is 0 Å². The first kappa shape index (κ1) is 21.1. The van der Waals surface area contributed by atoms with Crippen LogP contribution in [0.2, 0.25) is 0 Å². The van der Waals surface area contributed by atoms with Crippen molar-refractivity contribution in [1.82, 2.24) is 19.6 Å². The van der Waals surface area contributed by atoms with E-state index in [1.54, 1.807) is 0 Å². The highest BCUT2D eigenvalue weighted by Gasteiger charge is 2.28. The number of hydrogen-bond donors (Lipinski definition) is 0. The highest BCUT2D eigenvalue weighted by atomic mass is 15.3. The van der Waals surface area contributed by atoms with Crippen LogP contribution in [0.25, 0.3) is 0 Å². The first-order valence-electron chi connectivity index (χ1n) is 10.5. The maximum atomic E-state index is 2.65. The second-order valence-electron chi connectivity index (χ2n) is 10.4. The van der Waals surface area contributed by atoms with E-state index < -0.39 is 0 Å². The van der Waals surface area contributed by atoms with E-state index in [2.05, 4.69) is 68.2 Å². The van der Waals surface area contributed by atoms with Crippen molar-refractivity contribution in [1.29, 1.82) is 0 Å². The zero-order valence-corrected chi connectivity index (χ0v) is 18.1. The third-order valence-corrected chi connectivity index (χ3v) is 6.25. The summed E-state index contributed by atoms with van der Waals surface area (Å²) in [5.41, 5.74) is 0.664. The van der Waals surface area contributed by atoms with Crippen molar-refractivity contribution in [2.45, 2.75) is 65.5 Å². The van der Waals surface area contributed by atoms with Crippen LogP contribution >= 0.6 is 0 Å². The molecule has 4 heteroatoms. The van der Waals surface area contributed by atoms with E-state index in [1.807, 2.05) is 0 Å². The molecule has 0 aromatic rings. The molecular formula is C21H44N4. The molecule has 2 heterocycles. The van der Waals surface area contributed by atoms with Gasteiger partial charge in [-0.3, -0.25) is 14.7 Å². The molecule has 148 valence electrons. The smallest absolute Gasteiger partial charge is 0.0126 e. The molecule has 25 heavy (non-hydrogen) atoms. The molecule has 0 bridgehead atoms.